The summed E-state index contributed by atoms with van der Waals surface area (Å²) in [5.74, 6) is 1.77. The van der Waals surface area contributed by atoms with E-state index in [1.54, 1.807) is 12.1 Å². The summed E-state index contributed by atoms with van der Waals surface area (Å²) in [5, 5.41) is 10.8. The minimum Gasteiger partial charge on any atom is -0.492 e. The zero-order valence-electron chi connectivity index (χ0n) is 14.6. The molecule has 0 aliphatic carbocycles. The molecule has 1 aliphatic heterocycles. The van der Waals surface area contributed by atoms with E-state index in [1.807, 2.05) is 12.1 Å². The van der Waals surface area contributed by atoms with E-state index in [4.69, 9.17) is 15.2 Å². The number of nitrogens with zero attached hydrogens (tertiary/aromatic N) is 2. The number of hydrogen-bond acceptors (Lipinski definition) is 6. The van der Waals surface area contributed by atoms with Crippen molar-refractivity contribution in [3.05, 3.63) is 52.6 Å². The number of nitrogens with two attached hydrogens (primary N) is 1. The second-order valence-electron chi connectivity index (χ2n) is 6.31. The number of benzene rings is 2. The first kappa shape index (κ1) is 18.0. The van der Waals surface area contributed by atoms with Gasteiger partial charge in [0.05, 0.1) is 4.92 Å². The molecule has 7 nitrogen and oxygen atoms in total. The second kappa shape index (κ2) is 8.53. The molecular weight excluding hydrogens is 334 g/mol. The van der Waals surface area contributed by atoms with Gasteiger partial charge in [0.25, 0.3) is 5.69 Å². The lowest BCUT2D eigenvalue weighted by atomic mass is 10.1. The molecule has 0 atom stereocenters. The number of piperidine rings is 1. The molecule has 2 aromatic rings. The Balaban J connectivity index is 1.56. The molecule has 1 heterocycles. The van der Waals surface area contributed by atoms with Crippen LogP contribution in [0.1, 0.15) is 19.3 Å². The summed E-state index contributed by atoms with van der Waals surface area (Å²) in [6, 6.07) is 11.6. The number of nitrogen functional groups attached to an aromatic ring is 1. The minimum atomic E-state index is -0.518. The predicted molar refractivity (Wildman–Crippen MR) is 99.8 cm³/mol. The number of nitro groups is 1. The van der Waals surface area contributed by atoms with Gasteiger partial charge < -0.3 is 15.2 Å². The second-order valence-corrected chi connectivity index (χ2v) is 6.31. The number of likely N-dealkylation sites (tertiary alicyclic amines) is 1. The number of ether oxygens (including phenoxy) is 2. The zero-order valence-corrected chi connectivity index (χ0v) is 14.6. The first-order chi connectivity index (χ1) is 12.6. The van der Waals surface area contributed by atoms with Crippen molar-refractivity contribution in [2.45, 2.75) is 19.3 Å². The van der Waals surface area contributed by atoms with Gasteiger partial charge in [-0.3, -0.25) is 15.0 Å². The topological polar surface area (TPSA) is 90.9 Å². The molecular formula is C19H23N3O4. The number of hydrogen-bond donors (Lipinski definition) is 1. The average Bonchev–Trinajstić information content (AvgIpc) is 2.63. The van der Waals surface area contributed by atoms with Crippen LogP contribution in [0.25, 0.3) is 0 Å². The van der Waals surface area contributed by atoms with Gasteiger partial charge in [-0.15, -0.1) is 0 Å². The fourth-order valence-electron chi connectivity index (χ4n) is 3.00. The Kier molecular flexibility index (Phi) is 5.91. The van der Waals surface area contributed by atoms with Crippen LogP contribution in [-0.2, 0) is 0 Å². The van der Waals surface area contributed by atoms with E-state index in [9.17, 15) is 10.1 Å². The van der Waals surface area contributed by atoms with E-state index in [0.29, 0.717) is 18.1 Å². The number of nitro benzene ring substituents is 1. The molecule has 3 rings (SSSR count). The van der Waals surface area contributed by atoms with Gasteiger partial charge in [0.2, 0.25) is 0 Å². The van der Waals surface area contributed by atoms with Gasteiger partial charge in [0.15, 0.2) is 0 Å². The minimum absolute atomic E-state index is 0.0708. The van der Waals surface area contributed by atoms with Crippen LogP contribution in [0.2, 0.25) is 0 Å². The van der Waals surface area contributed by atoms with Crippen LogP contribution in [0.5, 0.6) is 17.2 Å². The van der Waals surface area contributed by atoms with Crippen molar-refractivity contribution in [1.29, 1.82) is 0 Å². The number of rotatable bonds is 7. The third-order valence-electron chi connectivity index (χ3n) is 4.36. The van der Waals surface area contributed by atoms with Gasteiger partial charge >= 0.3 is 0 Å². The molecule has 7 heteroatoms. The fourth-order valence-corrected chi connectivity index (χ4v) is 3.00. The van der Waals surface area contributed by atoms with Crippen molar-refractivity contribution >= 4 is 11.4 Å². The predicted octanol–water partition coefficient (Wildman–Crippen LogP) is 3.83. The van der Waals surface area contributed by atoms with E-state index in [0.717, 1.165) is 25.4 Å². The van der Waals surface area contributed by atoms with Gasteiger partial charge in [0, 0.05) is 24.7 Å². The van der Waals surface area contributed by atoms with Gasteiger partial charge in [-0.2, -0.15) is 0 Å². The highest BCUT2D eigenvalue weighted by atomic mass is 16.6. The van der Waals surface area contributed by atoms with E-state index < -0.39 is 4.92 Å². The van der Waals surface area contributed by atoms with E-state index >= 15 is 0 Å². The summed E-state index contributed by atoms with van der Waals surface area (Å²) in [4.78, 5) is 12.7. The monoisotopic (exact) mass is 357 g/mol. The molecule has 0 saturated carbocycles. The maximum Gasteiger partial charge on any atom is 0.292 e. The zero-order chi connectivity index (χ0) is 18.4. The lowest BCUT2D eigenvalue weighted by molar-refractivity contribution is -0.383. The van der Waals surface area contributed by atoms with Crippen LogP contribution in [0.4, 0.5) is 11.4 Å². The van der Waals surface area contributed by atoms with Crippen LogP contribution < -0.4 is 15.2 Å². The molecule has 138 valence electrons. The molecule has 0 radical (unpaired) electrons. The third-order valence-corrected chi connectivity index (χ3v) is 4.36. The summed E-state index contributed by atoms with van der Waals surface area (Å²) in [5.41, 5.74) is 5.63. The lowest BCUT2D eigenvalue weighted by Crippen LogP contribution is -2.33. The highest BCUT2D eigenvalue weighted by Gasteiger charge is 2.12. The largest absolute Gasteiger partial charge is 0.492 e. The Hall–Kier alpha value is -2.80. The summed E-state index contributed by atoms with van der Waals surface area (Å²) in [6.45, 7) is 3.85. The smallest absolute Gasteiger partial charge is 0.292 e. The Labute approximate surface area is 152 Å². The molecule has 2 aromatic carbocycles. The maximum absolute atomic E-state index is 10.8. The molecule has 1 aliphatic rings. The van der Waals surface area contributed by atoms with Gasteiger partial charge in [-0.1, -0.05) is 12.5 Å². The molecule has 0 amide bonds. The van der Waals surface area contributed by atoms with E-state index in [-0.39, 0.29) is 11.4 Å². The summed E-state index contributed by atoms with van der Waals surface area (Å²) < 4.78 is 11.6. The highest BCUT2D eigenvalue weighted by Crippen LogP contribution is 2.30. The molecule has 2 N–H and O–H groups in total. The Morgan fingerprint density at radius 2 is 1.77 bits per heavy atom. The Bertz CT molecular complexity index is 760. The summed E-state index contributed by atoms with van der Waals surface area (Å²) in [6.07, 6.45) is 3.85. The molecule has 0 unspecified atom stereocenters. The van der Waals surface area contributed by atoms with Gasteiger partial charge in [-0.05, 0) is 44.1 Å². The van der Waals surface area contributed by atoms with Crippen LogP contribution >= 0.6 is 0 Å². The van der Waals surface area contributed by atoms with E-state index in [2.05, 4.69) is 4.90 Å². The third kappa shape index (κ3) is 4.86. The standard InChI is InChI=1S/C19H23N3O4/c20-18-14-17(7-8-19(18)22(23)24)26-16-6-4-5-15(13-16)25-12-11-21-9-2-1-3-10-21/h4-8,13-14H,1-3,9-12,20H2. The number of anilines is 1. The molecule has 0 bridgehead atoms. The van der Waals surface area contributed by atoms with Gasteiger partial charge in [0.1, 0.15) is 29.5 Å². The van der Waals surface area contributed by atoms with Crippen LogP contribution in [0, 0.1) is 10.1 Å². The van der Waals surface area contributed by atoms with Crippen molar-refractivity contribution in [3.63, 3.8) is 0 Å². The summed E-state index contributed by atoms with van der Waals surface area (Å²) >= 11 is 0. The first-order valence-corrected chi connectivity index (χ1v) is 8.79. The SMILES string of the molecule is Nc1cc(Oc2cccc(OCCN3CCCCC3)c2)ccc1[N+](=O)[O-]. The average molecular weight is 357 g/mol. The van der Waals surface area contributed by atoms with Gasteiger partial charge in [-0.25, -0.2) is 0 Å². The molecule has 1 fully saturated rings. The van der Waals surface area contributed by atoms with Crippen molar-refractivity contribution < 1.29 is 14.4 Å². The Morgan fingerprint density at radius 1 is 1.04 bits per heavy atom. The van der Waals surface area contributed by atoms with Crippen LogP contribution in [-0.4, -0.2) is 36.1 Å². The molecule has 26 heavy (non-hydrogen) atoms. The van der Waals surface area contributed by atoms with Crippen molar-refractivity contribution in [3.8, 4) is 17.2 Å². The summed E-state index contributed by atoms with van der Waals surface area (Å²) in [7, 11) is 0. The highest BCUT2D eigenvalue weighted by molar-refractivity contribution is 5.61. The maximum atomic E-state index is 10.8. The fraction of sp³-hybridized carbons (Fsp3) is 0.368. The lowest BCUT2D eigenvalue weighted by Gasteiger charge is -2.26. The van der Waals surface area contributed by atoms with Crippen LogP contribution in [0.15, 0.2) is 42.5 Å². The first-order valence-electron chi connectivity index (χ1n) is 8.79. The molecule has 0 aromatic heterocycles. The quantitative estimate of drug-likeness (QED) is 0.460. The Morgan fingerprint density at radius 3 is 2.50 bits per heavy atom. The van der Waals surface area contributed by atoms with Crippen LogP contribution in [0.3, 0.4) is 0 Å². The normalized spacial score (nSPS) is 14.8. The molecule has 0 spiro atoms. The van der Waals surface area contributed by atoms with Crippen molar-refractivity contribution in [1.82, 2.24) is 4.90 Å². The van der Waals surface area contributed by atoms with Crippen molar-refractivity contribution in [2.75, 3.05) is 32.0 Å². The molecule has 1 saturated heterocycles. The van der Waals surface area contributed by atoms with E-state index in [1.165, 1.54) is 37.5 Å². The van der Waals surface area contributed by atoms with Crippen molar-refractivity contribution in [2.24, 2.45) is 0 Å².